The SMILES string of the molecule is OC1COCO1. The zero-order chi connectivity index (χ0) is 4.41. The Morgan fingerprint density at radius 1 is 1.67 bits per heavy atom. The van der Waals surface area contributed by atoms with E-state index in [2.05, 4.69) is 9.47 Å². The normalized spacial score (nSPS) is 34.5. The molecule has 0 radical (unpaired) electrons. The van der Waals surface area contributed by atoms with E-state index in [0.29, 0.717) is 6.61 Å². The van der Waals surface area contributed by atoms with Crippen LogP contribution in [0, 0.1) is 0 Å². The predicted molar refractivity (Wildman–Crippen MR) is 17.9 cm³/mol. The molecule has 0 aromatic heterocycles. The van der Waals surface area contributed by atoms with Gasteiger partial charge in [-0.3, -0.25) is 0 Å². The molecule has 0 bridgehead atoms. The van der Waals surface area contributed by atoms with E-state index in [1.54, 1.807) is 0 Å². The second-order valence-corrected chi connectivity index (χ2v) is 1.11. The molecule has 1 aliphatic heterocycles. The van der Waals surface area contributed by atoms with Gasteiger partial charge in [0.1, 0.15) is 13.4 Å². The van der Waals surface area contributed by atoms with Crippen molar-refractivity contribution >= 4 is 0 Å². The number of hydrogen-bond donors (Lipinski definition) is 1. The molecule has 1 atom stereocenters. The third-order valence-electron chi connectivity index (χ3n) is 0.604. The van der Waals surface area contributed by atoms with Gasteiger partial charge in [0.15, 0.2) is 6.29 Å². The van der Waals surface area contributed by atoms with Crippen LogP contribution >= 0.6 is 0 Å². The summed E-state index contributed by atoms with van der Waals surface area (Å²) in [6.07, 6.45) is -0.676. The molecule has 3 heteroatoms. The minimum atomic E-state index is -0.676. The molecule has 3 nitrogen and oxygen atoms in total. The summed E-state index contributed by atoms with van der Waals surface area (Å²) in [5, 5.41) is 8.38. The van der Waals surface area contributed by atoms with Crippen LogP contribution < -0.4 is 0 Å². The van der Waals surface area contributed by atoms with E-state index in [0.717, 1.165) is 0 Å². The Bertz CT molecular complexity index is 39.3. The zero-order valence-corrected chi connectivity index (χ0v) is 3.26. The topological polar surface area (TPSA) is 38.7 Å². The maximum absolute atomic E-state index is 8.38. The quantitative estimate of drug-likeness (QED) is 0.428. The Labute approximate surface area is 35.5 Å². The smallest absolute Gasteiger partial charge is 0.181 e. The lowest BCUT2D eigenvalue weighted by Gasteiger charge is -1.90. The fourth-order valence-electron chi connectivity index (χ4n) is 0.324. The van der Waals surface area contributed by atoms with Crippen molar-refractivity contribution in [2.24, 2.45) is 0 Å². The Morgan fingerprint density at radius 3 is 2.67 bits per heavy atom. The highest BCUT2D eigenvalue weighted by molar-refractivity contribution is 4.38. The molecule has 0 spiro atoms. The van der Waals surface area contributed by atoms with E-state index in [9.17, 15) is 0 Å². The van der Waals surface area contributed by atoms with Crippen molar-refractivity contribution in [1.29, 1.82) is 0 Å². The molecule has 0 aliphatic carbocycles. The van der Waals surface area contributed by atoms with Crippen molar-refractivity contribution in [2.75, 3.05) is 13.4 Å². The van der Waals surface area contributed by atoms with Gasteiger partial charge in [0.25, 0.3) is 0 Å². The zero-order valence-electron chi connectivity index (χ0n) is 3.26. The Morgan fingerprint density at radius 2 is 2.50 bits per heavy atom. The van der Waals surface area contributed by atoms with E-state index in [1.807, 2.05) is 0 Å². The van der Waals surface area contributed by atoms with Gasteiger partial charge in [0, 0.05) is 0 Å². The van der Waals surface area contributed by atoms with Crippen LogP contribution in [0.2, 0.25) is 0 Å². The summed E-state index contributed by atoms with van der Waals surface area (Å²) in [7, 11) is 0. The molecule has 0 aromatic carbocycles. The first kappa shape index (κ1) is 4.05. The molecule has 0 saturated carbocycles. The monoisotopic (exact) mass is 90.0 g/mol. The highest BCUT2D eigenvalue weighted by Crippen LogP contribution is 1.96. The highest BCUT2D eigenvalue weighted by Gasteiger charge is 2.09. The van der Waals surface area contributed by atoms with Gasteiger partial charge in [-0.05, 0) is 0 Å². The van der Waals surface area contributed by atoms with Gasteiger partial charge < -0.3 is 14.6 Å². The van der Waals surface area contributed by atoms with Gasteiger partial charge in [-0.1, -0.05) is 0 Å². The van der Waals surface area contributed by atoms with Gasteiger partial charge in [-0.25, -0.2) is 0 Å². The van der Waals surface area contributed by atoms with Gasteiger partial charge >= 0.3 is 0 Å². The first-order valence-electron chi connectivity index (χ1n) is 1.77. The minimum Gasteiger partial charge on any atom is -0.366 e. The predicted octanol–water partition coefficient (Wildman–Crippen LogP) is -0.691. The van der Waals surface area contributed by atoms with Crippen LogP contribution in [-0.4, -0.2) is 24.8 Å². The van der Waals surface area contributed by atoms with Gasteiger partial charge in [-0.2, -0.15) is 0 Å². The van der Waals surface area contributed by atoms with Crippen LogP contribution in [-0.2, 0) is 9.47 Å². The minimum absolute atomic E-state index is 0.237. The van der Waals surface area contributed by atoms with E-state index >= 15 is 0 Å². The van der Waals surface area contributed by atoms with Crippen molar-refractivity contribution in [3.05, 3.63) is 0 Å². The molecule has 1 unspecified atom stereocenters. The number of aliphatic hydroxyl groups excluding tert-OH is 1. The van der Waals surface area contributed by atoms with Gasteiger partial charge in [0.05, 0.1) is 0 Å². The summed E-state index contributed by atoms with van der Waals surface area (Å²) < 4.78 is 9.07. The van der Waals surface area contributed by atoms with E-state index < -0.39 is 6.29 Å². The second kappa shape index (κ2) is 1.55. The third kappa shape index (κ3) is 0.680. The summed E-state index contributed by atoms with van der Waals surface area (Å²) in [5.74, 6) is 0. The van der Waals surface area contributed by atoms with Crippen LogP contribution in [0.25, 0.3) is 0 Å². The van der Waals surface area contributed by atoms with Crippen LogP contribution in [0.1, 0.15) is 0 Å². The molecular formula is C3H6O3. The summed E-state index contributed by atoms with van der Waals surface area (Å²) in [4.78, 5) is 0. The fraction of sp³-hybridized carbons (Fsp3) is 1.00. The summed E-state index contributed by atoms with van der Waals surface area (Å²) in [5.41, 5.74) is 0. The molecule has 1 saturated heterocycles. The molecule has 1 heterocycles. The number of hydrogen-bond acceptors (Lipinski definition) is 3. The first-order valence-corrected chi connectivity index (χ1v) is 1.77. The summed E-state index contributed by atoms with van der Waals surface area (Å²) >= 11 is 0. The fourth-order valence-corrected chi connectivity index (χ4v) is 0.324. The molecular weight excluding hydrogens is 84.0 g/mol. The molecule has 0 amide bonds. The molecule has 36 valence electrons. The van der Waals surface area contributed by atoms with E-state index in [1.165, 1.54) is 0 Å². The maximum Gasteiger partial charge on any atom is 0.181 e. The molecule has 1 aliphatic rings. The van der Waals surface area contributed by atoms with Crippen molar-refractivity contribution in [2.45, 2.75) is 6.29 Å². The lowest BCUT2D eigenvalue weighted by molar-refractivity contribution is -0.0580. The van der Waals surface area contributed by atoms with Crippen LogP contribution in [0.5, 0.6) is 0 Å². The van der Waals surface area contributed by atoms with Gasteiger partial charge in [-0.15, -0.1) is 0 Å². The maximum atomic E-state index is 8.38. The van der Waals surface area contributed by atoms with Crippen molar-refractivity contribution in [1.82, 2.24) is 0 Å². The number of aliphatic hydroxyl groups is 1. The van der Waals surface area contributed by atoms with Crippen LogP contribution in [0.4, 0.5) is 0 Å². The lowest BCUT2D eigenvalue weighted by Crippen LogP contribution is -2.05. The molecule has 1 N–H and O–H groups in total. The van der Waals surface area contributed by atoms with E-state index in [4.69, 9.17) is 5.11 Å². The molecule has 1 rings (SSSR count). The van der Waals surface area contributed by atoms with Gasteiger partial charge in [0.2, 0.25) is 0 Å². The second-order valence-electron chi connectivity index (χ2n) is 1.11. The average Bonchev–Trinajstić information content (AvgIpc) is 1.86. The number of rotatable bonds is 0. The molecule has 6 heavy (non-hydrogen) atoms. The molecule has 1 fully saturated rings. The highest BCUT2D eigenvalue weighted by atomic mass is 16.8. The Balaban J connectivity index is 2.18. The first-order chi connectivity index (χ1) is 2.89. The molecule has 0 aromatic rings. The van der Waals surface area contributed by atoms with Crippen molar-refractivity contribution < 1.29 is 14.6 Å². The lowest BCUT2D eigenvalue weighted by atomic mass is 10.7. The average molecular weight is 90.1 g/mol. The summed E-state index contributed by atoms with van der Waals surface area (Å²) in [6, 6.07) is 0. The van der Waals surface area contributed by atoms with Crippen molar-refractivity contribution in [3.63, 3.8) is 0 Å². The standard InChI is InChI=1S/C3H6O3/c4-3-1-5-2-6-3/h3-4H,1-2H2. The largest absolute Gasteiger partial charge is 0.366 e. The van der Waals surface area contributed by atoms with Crippen LogP contribution in [0.15, 0.2) is 0 Å². The number of ether oxygens (including phenoxy) is 2. The van der Waals surface area contributed by atoms with Crippen molar-refractivity contribution in [3.8, 4) is 0 Å². The Kier molecular flexibility index (Phi) is 1.05. The Hall–Kier alpha value is -0.120. The van der Waals surface area contributed by atoms with Crippen LogP contribution in [0.3, 0.4) is 0 Å². The van der Waals surface area contributed by atoms with E-state index in [-0.39, 0.29) is 6.79 Å². The summed E-state index contributed by atoms with van der Waals surface area (Å²) in [6.45, 7) is 0.557. The third-order valence-corrected chi connectivity index (χ3v) is 0.604.